The first-order valence-corrected chi connectivity index (χ1v) is 10.6. The Morgan fingerprint density at radius 2 is 1.50 bits per heavy atom. The van der Waals surface area contributed by atoms with Gasteiger partial charge in [0.15, 0.2) is 6.10 Å². The predicted molar refractivity (Wildman–Crippen MR) is 122 cm³/mol. The first-order valence-electron chi connectivity index (χ1n) is 10.6. The van der Waals surface area contributed by atoms with Gasteiger partial charge in [-0.1, -0.05) is 42.5 Å². The van der Waals surface area contributed by atoms with E-state index in [0.29, 0.717) is 24.3 Å². The molecule has 1 fully saturated rings. The third-order valence-corrected chi connectivity index (χ3v) is 5.78. The van der Waals surface area contributed by atoms with Crippen LogP contribution in [0.4, 0.5) is 10.5 Å². The van der Waals surface area contributed by atoms with Gasteiger partial charge in [-0.3, -0.25) is 4.90 Å². The van der Waals surface area contributed by atoms with E-state index in [1.54, 1.807) is 31.3 Å². The molecule has 3 aromatic rings. The highest BCUT2D eigenvalue weighted by Crippen LogP contribution is 2.40. The van der Waals surface area contributed by atoms with Crippen LogP contribution in [-0.4, -0.2) is 37.6 Å². The first kappa shape index (κ1) is 21.7. The van der Waals surface area contributed by atoms with Crippen molar-refractivity contribution in [1.82, 2.24) is 0 Å². The molecule has 1 aliphatic rings. The maximum atomic E-state index is 13.0. The number of aryl methyl sites for hydroxylation is 1. The lowest BCUT2D eigenvalue weighted by molar-refractivity contribution is 0.0146. The van der Waals surface area contributed by atoms with Gasteiger partial charge in [-0.2, -0.15) is 0 Å². The van der Waals surface area contributed by atoms with Crippen molar-refractivity contribution in [2.45, 2.75) is 31.1 Å². The molecule has 166 valence electrons. The number of methoxy groups -OCH3 is 2. The third-order valence-electron chi connectivity index (χ3n) is 5.78. The smallest absolute Gasteiger partial charge is 0.415 e. The summed E-state index contributed by atoms with van der Waals surface area (Å²) < 4.78 is 16.3. The van der Waals surface area contributed by atoms with Crippen LogP contribution in [0, 0.1) is 0 Å². The molecule has 0 radical (unpaired) electrons. The van der Waals surface area contributed by atoms with Crippen LogP contribution in [-0.2, 0) is 11.2 Å². The Morgan fingerprint density at radius 3 is 2.09 bits per heavy atom. The van der Waals surface area contributed by atoms with Gasteiger partial charge in [0.05, 0.1) is 20.3 Å². The summed E-state index contributed by atoms with van der Waals surface area (Å²) in [5.74, 6) is 1.41. The highest BCUT2D eigenvalue weighted by Gasteiger charge is 2.46. The van der Waals surface area contributed by atoms with Crippen LogP contribution in [0.5, 0.6) is 11.5 Å². The minimum absolute atomic E-state index is 0.477. The predicted octanol–water partition coefficient (Wildman–Crippen LogP) is 4.76. The molecule has 1 aliphatic heterocycles. The van der Waals surface area contributed by atoms with E-state index < -0.39 is 24.3 Å². The van der Waals surface area contributed by atoms with E-state index >= 15 is 0 Å². The topological polar surface area (TPSA) is 68.2 Å². The van der Waals surface area contributed by atoms with Gasteiger partial charge in [0.2, 0.25) is 0 Å². The lowest BCUT2D eigenvalue weighted by Gasteiger charge is -2.28. The van der Waals surface area contributed by atoms with Crippen LogP contribution in [0.25, 0.3) is 0 Å². The molecule has 4 rings (SSSR count). The van der Waals surface area contributed by atoms with Gasteiger partial charge in [-0.05, 0) is 60.4 Å². The average Bonchev–Trinajstić information content (AvgIpc) is 3.20. The van der Waals surface area contributed by atoms with Gasteiger partial charge in [0, 0.05) is 5.69 Å². The van der Waals surface area contributed by atoms with Crippen molar-refractivity contribution in [1.29, 1.82) is 0 Å². The van der Waals surface area contributed by atoms with Crippen molar-refractivity contribution < 1.29 is 24.1 Å². The fraction of sp³-hybridized carbons (Fsp3) is 0.269. The Morgan fingerprint density at radius 1 is 0.906 bits per heavy atom. The number of nitrogens with zero attached hydrogens (tertiary/aromatic N) is 1. The molecule has 6 heteroatoms. The standard InChI is InChI=1S/C26H27NO5/c1-30-21-13-9-19(10-14-21)24-25(23(28)17-8-18-6-4-3-5-7-18)32-26(29)27(24)20-11-15-22(31-2)16-12-20/h3-7,9-16,23-25,28H,8,17H2,1-2H3/t23-,24-,25?/m1/s1. The van der Waals surface area contributed by atoms with Crippen LogP contribution in [0.3, 0.4) is 0 Å². The minimum Gasteiger partial charge on any atom is -0.497 e. The van der Waals surface area contributed by atoms with E-state index in [9.17, 15) is 9.90 Å². The first-order chi connectivity index (χ1) is 15.6. The quantitative estimate of drug-likeness (QED) is 0.555. The minimum atomic E-state index is -0.825. The largest absolute Gasteiger partial charge is 0.497 e. The zero-order valence-corrected chi connectivity index (χ0v) is 18.2. The van der Waals surface area contributed by atoms with E-state index in [2.05, 4.69) is 0 Å². The molecule has 1 heterocycles. The summed E-state index contributed by atoms with van der Waals surface area (Å²) in [6.07, 6.45) is -0.852. The third kappa shape index (κ3) is 4.55. The number of carbonyl (C=O) groups is 1. The SMILES string of the molecule is COc1ccc([C@@H]2C([C@H](O)CCc3ccccc3)OC(=O)N2c2ccc(OC)cc2)cc1. The van der Waals surface area contributed by atoms with Gasteiger partial charge in [-0.25, -0.2) is 4.79 Å². The molecule has 1 unspecified atom stereocenters. The van der Waals surface area contributed by atoms with Gasteiger partial charge in [0.1, 0.15) is 17.5 Å². The van der Waals surface area contributed by atoms with E-state index in [0.717, 1.165) is 16.9 Å². The number of ether oxygens (including phenoxy) is 3. The molecule has 3 aromatic carbocycles. The number of hydrogen-bond donors (Lipinski definition) is 1. The molecule has 1 saturated heterocycles. The normalized spacial score (nSPS) is 18.8. The number of carbonyl (C=O) groups excluding carboxylic acids is 1. The fourth-order valence-electron chi connectivity index (χ4n) is 4.06. The molecule has 3 atom stereocenters. The zero-order chi connectivity index (χ0) is 22.5. The Kier molecular flexibility index (Phi) is 6.61. The summed E-state index contributed by atoms with van der Waals surface area (Å²) in [5, 5.41) is 11.1. The van der Waals surface area contributed by atoms with E-state index in [1.807, 2.05) is 66.7 Å². The van der Waals surface area contributed by atoms with Gasteiger partial charge < -0.3 is 19.3 Å². The molecule has 1 amide bonds. The van der Waals surface area contributed by atoms with Crippen LogP contribution in [0.2, 0.25) is 0 Å². The van der Waals surface area contributed by atoms with Crippen molar-refractivity contribution in [3.8, 4) is 11.5 Å². The molecule has 0 bridgehead atoms. The number of aliphatic hydroxyl groups is 1. The monoisotopic (exact) mass is 433 g/mol. The number of cyclic esters (lactones) is 1. The van der Waals surface area contributed by atoms with E-state index in [1.165, 1.54) is 0 Å². The second-order valence-corrected chi connectivity index (χ2v) is 7.73. The molecule has 0 aliphatic carbocycles. The second-order valence-electron chi connectivity index (χ2n) is 7.73. The maximum absolute atomic E-state index is 13.0. The number of rotatable bonds is 8. The van der Waals surface area contributed by atoms with E-state index in [4.69, 9.17) is 14.2 Å². The molecule has 1 N–H and O–H groups in total. The number of amides is 1. The van der Waals surface area contributed by atoms with Gasteiger partial charge in [0.25, 0.3) is 0 Å². The summed E-state index contributed by atoms with van der Waals surface area (Å²) >= 11 is 0. The molecule has 6 nitrogen and oxygen atoms in total. The average molecular weight is 434 g/mol. The van der Waals surface area contributed by atoms with Crippen molar-refractivity contribution in [3.63, 3.8) is 0 Å². The van der Waals surface area contributed by atoms with E-state index in [-0.39, 0.29) is 0 Å². The summed E-state index contributed by atoms with van der Waals surface area (Å²) in [4.78, 5) is 14.6. The molecule has 32 heavy (non-hydrogen) atoms. The van der Waals surface area contributed by atoms with Crippen molar-refractivity contribution in [3.05, 3.63) is 90.0 Å². The summed E-state index contributed by atoms with van der Waals surface area (Å²) in [6.45, 7) is 0. The van der Waals surface area contributed by atoms with Crippen LogP contribution >= 0.6 is 0 Å². The highest BCUT2D eigenvalue weighted by molar-refractivity contribution is 5.91. The number of aliphatic hydroxyl groups excluding tert-OH is 1. The van der Waals surface area contributed by atoms with Crippen molar-refractivity contribution in [2.75, 3.05) is 19.1 Å². The number of anilines is 1. The molecule has 0 spiro atoms. The Bertz CT molecular complexity index is 1020. The number of benzene rings is 3. The van der Waals surface area contributed by atoms with Crippen LogP contribution in [0.1, 0.15) is 23.6 Å². The molecule has 0 saturated carbocycles. The lowest BCUT2D eigenvalue weighted by atomic mass is 9.93. The van der Waals surface area contributed by atoms with Crippen molar-refractivity contribution >= 4 is 11.8 Å². The van der Waals surface area contributed by atoms with Crippen LogP contribution < -0.4 is 14.4 Å². The summed E-state index contributed by atoms with van der Waals surface area (Å²) in [6, 6.07) is 24.2. The molecular weight excluding hydrogens is 406 g/mol. The van der Waals surface area contributed by atoms with Crippen LogP contribution in [0.15, 0.2) is 78.9 Å². The Balaban J connectivity index is 1.63. The fourth-order valence-corrected chi connectivity index (χ4v) is 4.06. The summed E-state index contributed by atoms with van der Waals surface area (Å²) in [7, 11) is 3.20. The lowest BCUT2D eigenvalue weighted by Crippen LogP contribution is -2.35. The number of hydrogen-bond acceptors (Lipinski definition) is 5. The zero-order valence-electron chi connectivity index (χ0n) is 18.2. The van der Waals surface area contributed by atoms with Gasteiger partial charge in [-0.15, -0.1) is 0 Å². The molecule has 0 aromatic heterocycles. The summed E-state index contributed by atoms with van der Waals surface area (Å²) in [5.41, 5.74) is 2.66. The molecular formula is C26H27NO5. The Hall–Kier alpha value is -3.51. The highest BCUT2D eigenvalue weighted by atomic mass is 16.6. The maximum Gasteiger partial charge on any atom is 0.415 e. The van der Waals surface area contributed by atoms with Crippen molar-refractivity contribution in [2.24, 2.45) is 0 Å². The second kappa shape index (κ2) is 9.75. The van der Waals surface area contributed by atoms with Gasteiger partial charge >= 0.3 is 6.09 Å². The Labute approximate surface area is 188 Å².